The summed E-state index contributed by atoms with van der Waals surface area (Å²) in [5.41, 5.74) is -1.33. The Balaban J connectivity index is 1.55. The number of ketones is 1. The zero-order valence-electron chi connectivity index (χ0n) is 19.5. The molecule has 3 aliphatic heterocycles. The maximum atomic E-state index is 14.0. The number of hydrogen-bond donors (Lipinski definition) is 1. The van der Waals surface area contributed by atoms with Gasteiger partial charge >= 0.3 is 5.97 Å². The van der Waals surface area contributed by atoms with Crippen molar-refractivity contribution < 1.29 is 28.9 Å². The van der Waals surface area contributed by atoms with E-state index < -0.39 is 22.9 Å². The molecule has 0 spiro atoms. The molecule has 6 nitrogen and oxygen atoms in total. The van der Waals surface area contributed by atoms with E-state index in [0.717, 1.165) is 12.0 Å². The first-order valence-corrected chi connectivity index (χ1v) is 12.0. The summed E-state index contributed by atoms with van der Waals surface area (Å²) < 4.78 is 18.9. The molecule has 172 valence electrons. The molecule has 0 amide bonds. The van der Waals surface area contributed by atoms with Gasteiger partial charge in [0.15, 0.2) is 5.79 Å². The van der Waals surface area contributed by atoms with Crippen LogP contribution in [0.3, 0.4) is 0 Å². The lowest BCUT2D eigenvalue weighted by Crippen LogP contribution is -2.72. The Kier molecular flexibility index (Phi) is 4.63. The number of ether oxygens (including phenoxy) is 3. The summed E-state index contributed by atoms with van der Waals surface area (Å²) in [5, 5.41) is 12.3. The first-order chi connectivity index (χ1) is 14.4. The minimum atomic E-state index is -1.35. The Bertz CT molecular complexity index is 849. The lowest BCUT2D eigenvalue weighted by Gasteiger charge is -2.58. The van der Waals surface area contributed by atoms with Gasteiger partial charge in [-0.25, -0.2) is 4.79 Å². The van der Waals surface area contributed by atoms with Crippen molar-refractivity contribution in [1.82, 2.24) is 0 Å². The molecule has 2 saturated heterocycles. The van der Waals surface area contributed by atoms with Crippen LogP contribution >= 0.6 is 0 Å². The molecule has 0 aromatic heterocycles. The van der Waals surface area contributed by atoms with Crippen molar-refractivity contribution in [3.8, 4) is 0 Å². The van der Waals surface area contributed by atoms with Crippen LogP contribution in [-0.2, 0) is 23.8 Å². The molecule has 31 heavy (non-hydrogen) atoms. The number of aliphatic hydroxyl groups is 1. The van der Waals surface area contributed by atoms with Gasteiger partial charge in [-0.3, -0.25) is 4.79 Å². The van der Waals surface area contributed by atoms with E-state index in [1.165, 1.54) is 6.08 Å². The second kappa shape index (κ2) is 6.64. The Morgan fingerprint density at radius 1 is 1.26 bits per heavy atom. The number of esters is 1. The average molecular weight is 433 g/mol. The largest absolute Gasteiger partial charge is 0.455 e. The van der Waals surface area contributed by atoms with Gasteiger partial charge in [0.1, 0.15) is 17.5 Å². The Hall–Kier alpha value is -1.24. The minimum absolute atomic E-state index is 0.0518. The molecule has 2 aliphatic carbocycles. The van der Waals surface area contributed by atoms with Crippen molar-refractivity contribution in [2.45, 2.75) is 96.4 Å². The van der Waals surface area contributed by atoms with Crippen molar-refractivity contribution in [2.24, 2.45) is 35.5 Å². The van der Waals surface area contributed by atoms with Gasteiger partial charge in [0, 0.05) is 24.3 Å². The predicted molar refractivity (Wildman–Crippen MR) is 113 cm³/mol. The quantitative estimate of drug-likeness (QED) is 0.671. The highest BCUT2D eigenvalue weighted by Crippen LogP contribution is 2.69. The number of cyclic esters (lactones) is 1. The minimum Gasteiger partial charge on any atom is -0.455 e. The van der Waals surface area contributed by atoms with E-state index in [0.29, 0.717) is 19.3 Å². The van der Waals surface area contributed by atoms with E-state index in [1.54, 1.807) is 0 Å². The molecule has 2 bridgehead atoms. The molecule has 6 heteroatoms. The highest BCUT2D eigenvalue weighted by molar-refractivity contribution is 5.89. The smallest absolute Gasteiger partial charge is 0.331 e. The van der Waals surface area contributed by atoms with Gasteiger partial charge in [0.05, 0.1) is 17.6 Å². The second-order valence-electron chi connectivity index (χ2n) is 11.5. The lowest BCUT2D eigenvalue weighted by atomic mass is 9.52. The molecule has 2 saturated carbocycles. The molecule has 10 atom stereocenters. The second-order valence-corrected chi connectivity index (χ2v) is 11.5. The zero-order chi connectivity index (χ0) is 22.5. The number of Topliss-reactive ketones (excluding diaryl/α,β-unsaturated/α-hetero) is 1. The summed E-state index contributed by atoms with van der Waals surface area (Å²) in [7, 11) is 0. The molecular weight excluding hydrogens is 396 g/mol. The SMILES string of the molecule is CC1=CC(=O)OC1CCC1(C)OC2(CC(C)C)OC3CC(C)C4C(=O)C1C2(O)C(C)C34. The van der Waals surface area contributed by atoms with Gasteiger partial charge in [-0.05, 0) is 56.4 Å². The highest BCUT2D eigenvalue weighted by Gasteiger charge is 2.81. The highest BCUT2D eigenvalue weighted by atomic mass is 16.7. The van der Waals surface area contributed by atoms with Crippen molar-refractivity contribution in [3.05, 3.63) is 11.6 Å². The first kappa shape index (κ1) is 21.6. The number of carbonyl (C=O) groups excluding carboxylic acids is 2. The molecule has 0 radical (unpaired) electrons. The van der Waals surface area contributed by atoms with Crippen LogP contribution in [0, 0.1) is 35.5 Å². The van der Waals surface area contributed by atoms with E-state index >= 15 is 0 Å². The van der Waals surface area contributed by atoms with Crippen LogP contribution in [0.5, 0.6) is 0 Å². The first-order valence-electron chi connectivity index (χ1n) is 12.0. The van der Waals surface area contributed by atoms with Gasteiger partial charge < -0.3 is 19.3 Å². The van der Waals surface area contributed by atoms with E-state index in [2.05, 4.69) is 27.7 Å². The van der Waals surface area contributed by atoms with Crippen molar-refractivity contribution >= 4 is 11.8 Å². The van der Waals surface area contributed by atoms with Crippen molar-refractivity contribution in [2.75, 3.05) is 0 Å². The molecule has 10 unspecified atom stereocenters. The monoisotopic (exact) mass is 432 g/mol. The van der Waals surface area contributed by atoms with Crippen molar-refractivity contribution in [3.63, 3.8) is 0 Å². The van der Waals surface area contributed by atoms with Crippen molar-refractivity contribution in [1.29, 1.82) is 0 Å². The van der Waals surface area contributed by atoms with Crippen LogP contribution in [0.2, 0.25) is 0 Å². The van der Waals surface area contributed by atoms with Crippen LogP contribution in [-0.4, -0.2) is 46.1 Å². The molecule has 4 fully saturated rings. The summed E-state index contributed by atoms with van der Waals surface area (Å²) in [6, 6.07) is 0. The Morgan fingerprint density at radius 2 is 1.97 bits per heavy atom. The van der Waals surface area contributed by atoms with Crippen LogP contribution in [0.25, 0.3) is 0 Å². The summed E-state index contributed by atoms with van der Waals surface area (Å²) in [5.74, 6) is -1.61. The van der Waals surface area contributed by atoms with E-state index in [9.17, 15) is 14.7 Å². The normalized spacial score (nSPS) is 52.6. The predicted octanol–water partition coefficient (Wildman–Crippen LogP) is 3.41. The van der Waals surface area contributed by atoms with Gasteiger partial charge in [0.25, 0.3) is 0 Å². The molecule has 5 rings (SSSR count). The summed E-state index contributed by atoms with van der Waals surface area (Å²) in [4.78, 5) is 25.6. The molecule has 0 aromatic carbocycles. The average Bonchev–Trinajstić information content (AvgIpc) is 3.21. The summed E-state index contributed by atoms with van der Waals surface area (Å²) >= 11 is 0. The summed E-state index contributed by atoms with van der Waals surface area (Å²) in [6.07, 6.45) is 3.64. The molecule has 3 heterocycles. The number of hydrogen-bond acceptors (Lipinski definition) is 6. The topological polar surface area (TPSA) is 82.1 Å². The third-order valence-corrected chi connectivity index (χ3v) is 9.04. The van der Waals surface area contributed by atoms with E-state index in [1.807, 2.05) is 13.8 Å². The van der Waals surface area contributed by atoms with Crippen LogP contribution in [0.1, 0.15) is 67.2 Å². The van der Waals surface area contributed by atoms with Gasteiger partial charge in [-0.1, -0.05) is 27.7 Å². The van der Waals surface area contributed by atoms with Crippen LogP contribution in [0.15, 0.2) is 11.6 Å². The molecule has 0 aromatic rings. The van der Waals surface area contributed by atoms with Gasteiger partial charge in [-0.2, -0.15) is 0 Å². The Labute approximate surface area is 184 Å². The van der Waals surface area contributed by atoms with Crippen LogP contribution < -0.4 is 0 Å². The van der Waals surface area contributed by atoms with E-state index in [4.69, 9.17) is 14.2 Å². The molecular formula is C25H36O6. The maximum Gasteiger partial charge on any atom is 0.331 e. The zero-order valence-corrected chi connectivity index (χ0v) is 19.5. The van der Waals surface area contributed by atoms with Gasteiger partial charge in [-0.15, -0.1) is 0 Å². The summed E-state index contributed by atoms with van der Waals surface area (Å²) in [6.45, 7) is 12.3. The third-order valence-electron chi connectivity index (χ3n) is 9.04. The number of rotatable bonds is 5. The standard InChI is InChI=1S/C25H36O6/c1-12(2)11-24-25(28)15(5)20-17(30-24)9-14(4)19(20)21(27)22(25)23(6,31-24)8-7-16-13(3)10-18(26)29-16/h10,12,14-17,19-20,22,28H,7-9,11H2,1-6H3. The van der Waals surface area contributed by atoms with E-state index in [-0.39, 0.29) is 53.6 Å². The fourth-order valence-electron chi connectivity index (χ4n) is 7.93. The molecule has 5 aliphatic rings. The fourth-order valence-corrected chi connectivity index (χ4v) is 7.93. The van der Waals surface area contributed by atoms with Crippen LogP contribution in [0.4, 0.5) is 0 Å². The maximum absolute atomic E-state index is 14.0. The molecule has 1 N–H and O–H groups in total. The number of carbonyl (C=O) groups is 2. The fraction of sp³-hybridized carbons (Fsp3) is 0.840. The Morgan fingerprint density at radius 3 is 2.58 bits per heavy atom. The van der Waals surface area contributed by atoms with Gasteiger partial charge in [0.2, 0.25) is 0 Å². The third kappa shape index (κ3) is 2.67. The lowest BCUT2D eigenvalue weighted by molar-refractivity contribution is -0.369.